The van der Waals surface area contributed by atoms with E-state index < -0.39 is 80.3 Å². The van der Waals surface area contributed by atoms with E-state index in [4.69, 9.17) is 28.1 Å². The Kier molecular flexibility index (Phi) is 9.31. The zero-order valence-corrected chi connectivity index (χ0v) is 21.4. The Morgan fingerprint density at radius 2 is 1.27 bits per heavy atom. The molecule has 2 aliphatic rings. The topological polar surface area (TPSA) is 238 Å². The van der Waals surface area contributed by atoms with Crippen LogP contribution in [0.4, 0.5) is 0 Å². The van der Waals surface area contributed by atoms with E-state index in [1.165, 1.54) is 25.3 Å². The van der Waals surface area contributed by atoms with Gasteiger partial charge >= 0.3 is 5.63 Å². The van der Waals surface area contributed by atoms with Crippen molar-refractivity contribution in [3.05, 3.63) is 40.2 Å². The Hall–Kier alpha value is -2.83. The van der Waals surface area contributed by atoms with Crippen molar-refractivity contribution in [2.24, 2.45) is 0 Å². The molecule has 8 N–H and O–H groups in total. The average molecular weight is 573 g/mol. The molecule has 3 heterocycles. The van der Waals surface area contributed by atoms with Gasteiger partial charge in [-0.3, -0.25) is 0 Å². The van der Waals surface area contributed by atoms with E-state index in [1.54, 1.807) is 6.92 Å². The number of aliphatic hydroxyl groups excluding tert-OH is 8. The summed E-state index contributed by atoms with van der Waals surface area (Å²) in [6.45, 7) is 0.194. The monoisotopic (exact) mass is 572 g/mol. The number of benzene rings is 1. The van der Waals surface area contributed by atoms with Gasteiger partial charge in [-0.25, -0.2) is 4.79 Å². The zero-order chi connectivity index (χ0) is 29.3. The van der Waals surface area contributed by atoms with Crippen LogP contribution < -0.4 is 19.8 Å². The number of rotatable bonds is 8. The van der Waals surface area contributed by atoms with Gasteiger partial charge in [0.05, 0.1) is 32.0 Å². The minimum absolute atomic E-state index is 0.0270. The van der Waals surface area contributed by atoms with E-state index in [2.05, 4.69) is 0 Å². The Morgan fingerprint density at radius 1 is 0.725 bits per heavy atom. The SMILES string of the molecule is COc1cc(-c2c(C)cc(OC3OC(CO)C(O)C(O)C3O)cc2OC2OC(CO)C(O)C(O)C2O)oc(=O)c1. The van der Waals surface area contributed by atoms with Crippen LogP contribution in [-0.4, -0.2) is 123 Å². The van der Waals surface area contributed by atoms with Gasteiger partial charge in [-0.15, -0.1) is 0 Å². The number of aliphatic hydroxyl groups is 8. The van der Waals surface area contributed by atoms with Crippen LogP contribution in [0.1, 0.15) is 5.56 Å². The summed E-state index contributed by atoms with van der Waals surface area (Å²) < 4.78 is 32.9. The molecule has 0 aliphatic carbocycles. The highest BCUT2D eigenvalue weighted by Crippen LogP contribution is 2.40. The van der Waals surface area contributed by atoms with E-state index in [0.29, 0.717) is 5.56 Å². The van der Waals surface area contributed by atoms with Crippen LogP contribution in [0.2, 0.25) is 0 Å². The molecular weight excluding hydrogens is 540 g/mol. The molecule has 0 spiro atoms. The highest BCUT2D eigenvalue weighted by molar-refractivity contribution is 5.72. The van der Waals surface area contributed by atoms with E-state index in [-0.39, 0.29) is 28.6 Å². The van der Waals surface area contributed by atoms with E-state index in [9.17, 15) is 45.6 Å². The number of aryl methyl sites for hydroxylation is 1. The van der Waals surface area contributed by atoms with Gasteiger partial charge in [0.15, 0.2) is 0 Å². The summed E-state index contributed by atoms with van der Waals surface area (Å²) in [4.78, 5) is 12.2. The fourth-order valence-electron chi connectivity index (χ4n) is 4.48. The van der Waals surface area contributed by atoms with Crippen molar-refractivity contribution in [2.75, 3.05) is 20.3 Å². The van der Waals surface area contributed by atoms with Crippen LogP contribution in [0.3, 0.4) is 0 Å². The molecule has 0 amide bonds. The largest absolute Gasteiger partial charge is 0.496 e. The highest BCUT2D eigenvalue weighted by atomic mass is 16.7. The van der Waals surface area contributed by atoms with Gasteiger partial charge in [-0.2, -0.15) is 0 Å². The maximum absolute atomic E-state index is 12.2. The van der Waals surface area contributed by atoms with Crippen LogP contribution in [0.25, 0.3) is 11.3 Å². The molecule has 0 bridgehead atoms. The van der Waals surface area contributed by atoms with Crippen molar-refractivity contribution in [3.63, 3.8) is 0 Å². The van der Waals surface area contributed by atoms with Crippen molar-refractivity contribution in [1.29, 1.82) is 0 Å². The molecule has 10 atom stereocenters. The Bertz CT molecular complexity index is 1210. The van der Waals surface area contributed by atoms with E-state index >= 15 is 0 Å². The Labute approximate surface area is 226 Å². The molecule has 1 aromatic heterocycles. The molecule has 15 heteroatoms. The second-order valence-corrected chi connectivity index (χ2v) is 9.42. The Morgan fingerprint density at radius 3 is 1.80 bits per heavy atom. The summed E-state index contributed by atoms with van der Waals surface area (Å²) in [5.41, 5.74) is -0.235. The summed E-state index contributed by atoms with van der Waals surface area (Å²) in [7, 11) is 1.34. The van der Waals surface area contributed by atoms with Crippen molar-refractivity contribution >= 4 is 0 Å². The van der Waals surface area contributed by atoms with E-state index in [1.807, 2.05) is 0 Å². The minimum Gasteiger partial charge on any atom is -0.496 e. The number of hydrogen-bond acceptors (Lipinski definition) is 15. The lowest BCUT2D eigenvalue weighted by molar-refractivity contribution is -0.278. The van der Waals surface area contributed by atoms with Gasteiger partial charge in [0.25, 0.3) is 0 Å². The van der Waals surface area contributed by atoms with Crippen LogP contribution in [0, 0.1) is 6.92 Å². The van der Waals surface area contributed by atoms with Gasteiger partial charge < -0.3 is 69.0 Å². The van der Waals surface area contributed by atoms with Crippen molar-refractivity contribution < 1.29 is 69.0 Å². The first-order chi connectivity index (χ1) is 19.0. The number of ether oxygens (including phenoxy) is 5. The molecule has 0 saturated carbocycles. The summed E-state index contributed by atoms with van der Waals surface area (Å²) in [5, 5.41) is 80.4. The first-order valence-electron chi connectivity index (χ1n) is 12.3. The highest BCUT2D eigenvalue weighted by Gasteiger charge is 2.46. The van der Waals surface area contributed by atoms with Crippen LogP contribution in [0.15, 0.2) is 33.5 Å². The molecule has 4 rings (SSSR count). The normalized spacial score (nSPS) is 34.4. The molecular formula is C25H32O15. The summed E-state index contributed by atoms with van der Waals surface area (Å²) in [6, 6.07) is 5.18. The standard InChI is InChI=1S/C25H32O15/c1-9-3-11(36-24-22(33)20(31)18(29)14(7-26)39-24)5-13(17(9)12-4-10(35-2)6-16(28)37-12)38-25-23(34)21(32)19(30)15(8-27)40-25/h3-6,14-15,18-27,29-34H,7-8H2,1-2H3. The van der Waals surface area contributed by atoms with Gasteiger partial charge in [-0.05, 0) is 18.6 Å². The number of methoxy groups -OCH3 is 1. The van der Waals surface area contributed by atoms with Gasteiger partial charge in [0.1, 0.15) is 71.8 Å². The predicted octanol–water partition coefficient (Wildman–Crippen LogP) is -3.02. The first kappa shape index (κ1) is 30.1. The molecule has 15 nitrogen and oxygen atoms in total. The summed E-state index contributed by atoms with van der Waals surface area (Å²) in [5.74, 6) is -0.0392. The van der Waals surface area contributed by atoms with Crippen LogP contribution in [0.5, 0.6) is 17.2 Å². The quantitative estimate of drug-likeness (QED) is 0.157. The average Bonchev–Trinajstić information content (AvgIpc) is 2.93. The molecule has 1 aromatic carbocycles. The second-order valence-electron chi connectivity index (χ2n) is 9.42. The molecule has 0 radical (unpaired) electrons. The second kappa shape index (κ2) is 12.4. The van der Waals surface area contributed by atoms with Gasteiger partial charge in [0, 0.05) is 12.1 Å². The summed E-state index contributed by atoms with van der Waals surface area (Å²) in [6.07, 6.45) is -15.9. The summed E-state index contributed by atoms with van der Waals surface area (Å²) >= 11 is 0. The smallest absolute Gasteiger partial charge is 0.339 e. The molecule has 2 fully saturated rings. The van der Waals surface area contributed by atoms with Gasteiger partial charge in [0.2, 0.25) is 12.6 Å². The van der Waals surface area contributed by atoms with Crippen molar-refractivity contribution in [3.8, 4) is 28.6 Å². The van der Waals surface area contributed by atoms with Gasteiger partial charge in [-0.1, -0.05) is 0 Å². The maximum Gasteiger partial charge on any atom is 0.339 e. The maximum atomic E-state index is 12.2. The third-order valence-corrected chi connectivity index (χ3v) is 6.69. The lowest BCUT2D eigenvalue weighted by atomic mass is 9.99. The lowest BCUT2D eigenvalue weighted by Gasteiger charge is -2.40. The Balaban J connectivity index is 1.75. The fraction of sp³-hybridized carbons (Fsp3) is 0.560. The number of hydrogen-bond donors (Lipinski definition) is 8. The molecule has 222 valence electrons. The molecule has 2 saturated heterocycles. The zero-order valence-electron chi connectivity index (χ0n) is 21.4. The van der Waals surface area contributed by atoms with Crippen molar-refractivity contribution in [2.45, 2.75) is 68.3 Å². The molecule has 10 unspecified atom stereocenters. The minimum atomic E-state index is -1.78. The van der Waals surface area contributed by atoms with Crippen LogP contribution in [-0.2, 0) is 9.47 Å². The fourth-order valence-corrected chi connectivity index (χ4v) is 4.48. The molecule has 2 aliphatic heterocycles. The van der Waals surface area contributed by atoms with Crippen molar-refractivity contribution in [1.82, 2.24) is 0 Å². The third kappa shape index (κ3) is 5.94. The molecule has 40 heavy (non-hydrogen) atoms. The third-order valence-electron chi connectivity index (χ3n) is 6.69. The molecule has 2 aromatic rings. The lowest BCUT2D eigenvalue weighted by Crippen LogP contribution is -2.60. The first-order valence-corrected chi connectivity index (χ1v) is 12.3. The van der Waals surface area contributed by atoms with Crippen LogP contribution >= 0.6 is 0 Å². The van der Waals surface area contributed by atoms with E-state index in [0.717, 1.165) is 6.07 Å². The predicted molar refractivity (Wildman–Crippen MR) is 130 cm³/mol.